The average molecular weight is 307 g/mol. The molecule has 4 nitrogen and oxygen atoms in total. The average Bonchev–Trinajstić information content (AvgIpc) is 2.49. The van der Waals surface area contributed by atoms with Crippen LogP contribution in [0, 0.1) is 11.6 Å². The van der Waals surface area contributed by atoms with Crippen LogP contribution in [0.25, 0.3) is 11.3 Å². The van der Waals surface area contributed by atoms with Gasteiger partial charge in [-0.2, -0.15) is 0 Å². The molecule has 0 fully saturated rings. The third-order valence-electron chi connectivity index (χ3n) is 2.88. The maximum atomic E-state index is 13.9. The van der Waals surface area contributed by atoms with Crippen molar-refractivity contribution in [1.82, 2.24) is 4.98 Å². The summed E-state index contributed by atoms with van der Waals surface area (Å²) in [7, 11) is 0. The van der Waals surface area contributed by atoms with Crippen LogP contribution in [0.15, 0.2) is 30.3 Å². The molecule has 0 aliphatic rings. The molecule has 0 saturated carbocycles. The van der Waals surface area contributed by atoms with Crippen molar-refractivity contribution in [1.29, 1.82) is 0 Å². The summed E-state index contributed by atoms with van der Waals surface area (Å²) in [5, 5.41) is 8.99. The summed E-state index contributed by atoms with van der Waals surface area (Å²) < 4.78 is 32.6. The van der Waals surface area contributed by atoms with E-state index in [1.165, 1.54) is 12.1 Å². The van der Waals surface area contributed by atoms with Crippen molar-refractivity contribution in [2.24, 2.45) is 0 Å². The number of esters is 1. The minimum Gasteiger partial charge on any atom is -0.458 e. The van der Waals surface area contributed by atoms with E-state index in [9.17, 15) is 13.6 Å². The fraction of sp³-hybridized carbons (Fsp3) is 0.250. The molecule has 0 saturated heterocycles. The molecule has 0 unspecified atom stereocenters. The Morgan fingerprint density at radius 2 is 1.91 bits per heavy atom. The van der Waals surface area contributed by atoms with Crippen LogP contribution in [0.1, 0.15) is 29.9 Å². The lowest BCUT2D eigenvalue weighted by molar-refractivity contribution is 0.0370. The lowest BCUT2D eigenvalue weighted by atomic mass is 10.1. The summed E-state index contributed by atoms with van der Waals surface area (Å²) in [6.45, 7) is 3.13. The van der Waals surface area contributed by atoms with E-state index in [0.29, 0.717) is 17.2 Å². The van der Waals surface area contributed by atoms with E-state index in [2.05, 4.69) is 4.98 Å². The molecule has 0 bridgehead atoms. The quantitative estimate of drug-likeness (QED) is 0.882. The van der Waals surface area contributed by atoms with Gasteiger partial charge in [-0.1, -0.05) is 24.3 Å². The van der Waals surface area contributed by atoms with Crippen molar-refractivity contribution in [3.8, 4) is 11.3 Å². The number of hydrogen-bond acceptors (Lipinski definition) is 4. The number of rotatable bonds is 4. The molecule has 1 heterocycles. The predicted molar refractivity (Wildman–Crippen MR) is 76.1 cm³/mol. The first kappa shape index (κ1) is 16.0. The van der Waals surface area contributed by atoms with Crippen LogP contribution in [0.3, 0.4) is 0 Å². The Kier molecular flexibility index (Phi) is 4.82. The number of pyridine rings is 1. The van der Waals surface area contributed by atoms with Gasteiger partial charge in [-0.15, -0.1) is 0 Å². The highest BCUT2D eigenvalue weighted by atomic mass is 19.2. The number of carbonyl (C=O) groups is 1. The molecule has 22 heavy (non-hydrogen) atoms. The van der Waals surface area contributed by atoms with Gasteiger partial charge in [0.15, 0.2) is 17.3 Å². The summed E-state index contributed by atoms with van der Waals surface area (Å²) in [5.74, 6) is -3.13. The Morgan fingerprint density at radius 1 is 1.27 bits per heavy atom. The number of carbonyl (C=O) groups excluding carboxylic acids is 1. The molecular weight excluding hydrogens is 292 g/mol. The molecule has 116 valence electrons. The molecule has 0 radical (unpaired) electrons. The normalized spacial score (nSPS) is 10.8. The molecule has 0 spiro atoms. The topological polar surface area (TPSA) is 59.4 Å². The molecule has 0 aliphatic heterocycles. The van der Waals surface area contributed by atoms with Crippen LogP contribution in [-0.4, -0.2) is 22.2 Å². The van der Waals surface area contributed by atoms with Gasteiger partial charge in [-0.3, -0.25) is 0 Å². The third kappa shape index (κ3) is 3.46. The van der Waals surface area contributed by atoms with Crippen molar-refractivity contribution in [2.45, 2.75) is 26.6 Å². The van der Waals surface area contributed by atoms with Crippen LogP contribution < -0.4 is 0 Å². The van der Waals surface area contributed by atoms with Gasteiger partial charge in [0, 0.05) is 11.6 Å². The number of ether oxygens (including phenoxy) is 1. The number of halogens is 2. The Labute approximate surface area is 126 Å². The molecule has 0 amide bonds. The fourth-order valence-corrected chi connectivity index (χ4v) is 1.84. The van der Waals surface area contributed by atoms with Crippen molar-refractivity contribution < 1.29 is 23.4 Å². The van der Waals surface area contributed by atoms with Gasteiger partial charge in [0.25, 0.3) is 0 Å². The van der Waals surface area contributed by atoms with E-state index in [1.807, 2.05) is 0 Å². The number of aliphatic hydroxyl groups is 1. The standard InChI is InChI=1S/C16H15F2NO3/c1-9(2)22-16(21)13-7-12(17)14(18)15(19-13)11-5-3-10(8-20)4-6-11/h3-7,9,20H,8H2,1-2H3. The first-order valence-electron chi connectivity index (χ1n) is 6.69. The number of benzene rings is 1. The summed E-state index contributed by atoms with van der Waals surface area (Å²) in [6.07, 6.45) is -0.394. The number of aromatic nitrogens is 1. The molecule has 0 aliphatic carbocycles. The highest BCUT2D eigenvalue weighted by Crippen LogP contribution is 2.24. The molecule has 2 aromatic rings. The molecule has 1 aromatic heterocycles. The van der Waals surface area contributed by atoms with E-state index < -0.39 is 23.7 Å². The highest BCUT2D eigenvalue weighted by Gasteiger charge is 2.19. The molecule has 6 heteroatoms. The first-order chi connectivity index (χ1) is 10.4. The van der Waals surface area contributed by atoms with E-state index in [4.69, 9.17) is 9.84 Å². The second-order valence-corrected chi connectivity index (χ2v) is 4.96. The van der Waals surface area contributed by atoms with Crippen LogP contribution in [-0.2, 0) is 11.3 Å². The maximum absolute atomic E-state index is 13.9. The fourth-order valence-electron chi connectivity index (χ4n) is 1.84. The van der Waals surface area contributed by atoms with Crippen LogP contribution in [0.2, 0.25) is 0 Å². The van der Waals surface area contributed by atoms with Crippen molar-refractivity contribution >= 4 is 5.97 Å². The molecule has 1 N–H and O–H groups in total. The van der Waals surface area contributed by atoms with Crippen molar-refractivity contribution in [2.75, 3.05) is 0 Å². The van der Waals surface area contributed by atoms with Crippen LogP contribution >= 0.6 is 0 Å². The zero-order chi connectivity index (χ0) is 16.3. The number of nitrogens with zero attached hydrogens (tertiary/aromatic N) is 1. The molecule has 0 atom stereocenters. The molecular formula is C16H15F2NO3. The minimum atomic E-state index is -1.17. The summed E-state index contributed by atoms with van der Waals surface area (Å²) in [4.78, 5) is 15.7. The molecule has 1 aromatic carbocycles. The van der Waals surface area contributed by atoms with Gasteiger partial charge in [-0.05, 0) is 19.4 Å². The molecule has 2 rings (SSSR count). The Balaban J connectivity index is 2.45. The maximum Gasteiger partial charge on any atom is 0.357 e. The van der Waals surface area contributed by atoms with Gasteiger partial charge in [0.05, 0.1) is 12.7 Å². The Hall–Kier alpha value is -2.34. The summed E-state index contributed by atoms with van der Waals surface area (Å²) in [5.41, 5.74) is 0.349. The van der Waals surface area contributed by atoms with Gasteiger partial charge < -0.3 is 9.84 Å². The highest BCUT2D eigenvalue weighted by molar-refractivity contribution is 5.88. The van der Waals surface area contributed by atoms with E-state index >= 15 is 0 Å². The Morgan fingerprint density at radius 3 is 2.45 bits per heavy atom. The van der Waals surface area contributed by atoms with E-state index in [1.54, 1.807) is 26.0 Å². The predicted octanol–water partition coefficient (Wildman–Crippen LogP) is 3.08. The van der Waals surface area contributed by atoms with Crippen molar-refractivity contribution in [3.63, 3.8) is 0 Å². The van der Waals surface area contributed by atoms with Gasteiger partial charge in [0.1, 0.15) is 5.69 Å². The first-order valence-corrected chi connectivity index (χ1v) is 6.69. The second kappa shape index (κ2) is 6.62. The zero-order valence-electron chi connectivity index (χ0n) is 12.1. The SMILES string of the molecule is CC(C)OC(=O)c1cc(F)c(F)c(-c2ccc(CO)cc2)n1. The number of aliphatic hydroxyl groups excluding tert-OH is 1. The van der Waals surface area contributed by atoms with Gasteiger partial charge in [-0.25, -0.2) is 18.6 Å². The Bertz CT molecular complexity index is 685. The van der Waals surface area contributed by atoms with Gasteiger partial charge in [0.2, 0.25) is 0 Å². The zero-order valence-corrected chi connectivity index (χ0v) is 12.1. The van der Waals surface area contributed by atoms with Crippen LogP contribution in [0.4, 0.5) is 8.78 Å². The summed E-state index contributed by atoms with van der Waals surface area (Å²) >= 11 is 0. The number of hydrogen-bond donors (Lipinski definition) is 1. The minimum absolute atomic E-state index is 0.161. The lowest BCUT2D eigenvalue weighted by Crippen LogP contribution is -2.14. The lowest BCUT2D eigenvalue weighted by Gasteiger charge is -2.10. The third-order valence-corrected chi connectivity index (χ3v) is 2.88. The monoisotopic (exact) mass is 307 g/mol. The van der Waals surface area contributed by atoms with Crippen LogP contribution in [0.5, 0.6) is 0 Å². The second-order valence-electron chi connectivity index (χ2n) is 4.96. The van der Waals surface area contributed by atoms with E-state index in [-0.39, 0.29) is 18.0 Å². The van der Waals surface area contributed by atoms with Gasteiger partial charge >= 0.3 is 5.97 Å². The van der Waals surface area contributed by atoms with Crippen molar-refractivity contribution in [3.05, 3.63) is 53.2 Å². The largest absolute Gasteiger partial charge is 0.458 e. The smallest absolute Gasteiger partial charge is 0.357 e. The van der Waals surface area contributed by atoms with E-state index in [0.717, 1.165) is 0 Å². The summed E-state index contributed by atoms with van der Waals surface area (Å²) in [6, 6.07) is 6.83.